The van der Waals surface area contributed by atoms with Crippen LogP contribution in [0, 0.1) is 17.5 Å². The molecule has 0 bridgehead atoms. The Hall–Kier alpha value is -5.11. The molecule has 214 valence electrons. The lowest BCUT2D eigenvalue weighted by Gasteiger charge is -2.13. The lowest BCUT2D eigenvalue weighted by Crippen LogP contribution is -2.20. The van der Waals surface area contributed by atoms with E-state index in [-0.39, 0.29) is 39.7 Å². The van der Waals surface area contributed by atoms with E-state index in [1.807, 2.05) is 0 Å². The summed E-state index contributed by atoms with van der Waals surface area (Å²) >= 11 is 5.67. The number of nitrogens with one attached hydrogen (secondary N) is 2. The summed E-state index contributed by atoms with van der Waals surface area (Å²) in [5.41, 5.74) is -2.26. The number of carbonyl (C=O) groups is 1. The maximum atomic E-state index is 14.8. The van der Waals surface area contributed by atoms with Crippen molar-refractivity contribution in [3.8, 4) is 17.3 Å². The van der Waals surface area contributed by atoms with Gasteiger partial charge >= 0.3 is 6.18 Å². The Balaban J connectivity index is 1.32. The monoisotopic (exact) mass is 604 g/mol. The van der Waals surface area contributed by atoms with Gasteiger partial charge in [-0.2, -0.15) is 23.3 Å². The largest absolute Gasteiger partial charge is 0.436 e. The van der Waals surface area contributed by atoms with E-state index < -0.39 is 40.8 Å². The van der Waals surface area contributed by atoms with Gasteiger partial charge in [0.15, 0.2) is 17.3 Å². The molecule has 3 aromatic carbocycles. The molecule has 0 aliphatic carbocycles. The number of carbonyl (C=O) groups excluding carboxylic acids is 1. The summed E-state index contributed by atoms with van der Waals surface area (Å²) in [6.07, 6.45) is -3.00. The lowest BCUT2D eigenvalue weighted by molar-refractivity contribution is -0.143. The molecule has 0 aliphatic heterocycles. The molecule has 2 heterocycles. The number of rotatable bonds is 7. The van der Waals surface area contributed by atoms with Crippen molar-refractivity contribution in [3.05, 3.63) is 113 Å². The van der Waals surface area contributed by atoms with Crippen LogP contribution in [0.4, 0.5) is 43.7 Å². The average molecular weight is 605 g/mol. The maximum absolute atomic E-state index is 14.8. The number of amides is 1. The second kappa shape index (κ2) is 11.4. The molecule has 2 aromatic heterocycles. The number of nitrogens with zero attached hydrogens (tertiary/aromatic N) is 4. The first-order chi connectivity index (χ1) is 20.0. The van der Waals surface area contributed by atoms with Gasteiger partial charge in [-0.1, -0.05) is 11.6 Å². The Morgan fingerprint density at radius 1 is 0.905 bits per heavy atom. The van der Waals surface area contributed by atoms with E-state index in [0.717, 1.165) is 42.5 Å². The predicted octanol–water partition coefficient (Wildman–Crippen LogP) is 7.54. The fourth-order valence-corrected chi connectivity index (χ4v) is 3.82. The van der Waals surface area contributed by atoms with Crippen LogP contribution in [-0.4, -0.2) is 25.7 Å². The third-order valence-corrected chi connectivity index (χ3v) is 5.87. The fourth-order valence-electron chi connectivity index (χ4n) is 3.70. The molecular formula is C27H15ClF6N6O2. The number of hydrogen-bond donors (Lipinski definition) is 2. The van der Waals surface area contributed by atoms with E-state index in [1.54, 1.807) is 0 Å². The molecule has 5 aromatic rings. The highest BCUT2D eigenvalue weighted by Gasteiger charge is 2.40. The van der Waals surface area contributed by atoms with Crippen molar-refractivity contribution in [2.75, 3.05) is 10.6 Å². The van der Waals surface area contributed by atoms with Crippen molar-refractivity contribution in [2.45, 2.75) is 6.18 Å². The first kappa shape index (κ1) is 28.4. The van der Waals surface area contributed by atoms with Gasteiger partial charge in [0.1, 0.15) is 11.6 Å². The smallest absolute Gasteiger partial charge is 0.434 e. The predicted molar refractivity (Wildman–Crippen MR) is 140 cm³/mol. The number of anilines is 3. The van der Waals surface area contributed by atoms with Crippen LogP contribution in [0.25, 0.3) is 5.69 Å². The number of aromatic nitrogens is 4. The van der Waals surface area contributed by atoms with Gasteiger partial charge in [0.05, 0.1) is 22.5 Å². The van der Waals surface area contributed by atoms with E-state index in [9.17, 15) is 31.1 Å². The molecule has 0 saturated carbocycles. The Morgan fingerprint density at radius 3 is 2.31 bits per heavy atom. The van der Waals surface area contributed by atoms with E-state index in [2.05, 4.69) is 25.7 Å². The molecule has 2 N–H and O–H groups in total. The van der Waals surface area contributed by atoms with Crippen molar-refractivity contribution in [3.63, 3.8) is 0 Å². The Morgan fingerprint density at radius 2 is 1.62 bits per heavy atom. The molecule has 5 rings (SSSR count). The summed E-state index contributed by atoms with van der Waals surface area (Å²) in [5, 5.41) is 8.51. The van der Waals surface area contributed by atoms with E-state index in [0.29, 0.717) is 10.9 Å². The molecule has 0 aliphatic rings. The van der Waals surface area contributed by atoms with Crippen molar-refractivity contribution in [1.29, 1.82) is 0 Å². The minimum Gasteiger partial charge on any atom is -0.436 e. The number of benzene rings is 3. The van der Waals surface area contributed by atoms with Gasteiger partial charge in [-0.05, 0) is 54.6 Å². The van der Waals surface area contributed by atoms with Gasteiger partial charge in [0, 0.05) is 29.7 Å². The molecule has 0 radical (unpaired) electrons. The number of hydrogen-bond acceptors (Lipinski definition) is 6. The Kier molecular flexibility index (Phi) is 7.72. The van der Waals surface area contributed by atoms with Crippen LogP contribution in [0.5, 0.6) is 11.6 Å². The van der Waals surface area contributed by atoms with Gasteiger partial charge in [-0.3, -0.25) is 4.79 Å². The Bertz CT molecular complexity index is 1780. The number of ether oxygens (including phenoxy) is 1. The van der Waals surface area contributed by atoms with E-state index in [4.69, 9.17) is 16.3 Å². The average Bonchev–Trinajstić information content (AvgIpc) is 3.39. The van der Waals surface area contributed by atoms with E-state index >= 15 is 0 Å². The molecule has 0 fully saturated rings. The van der Waals surface area contributed by atoms with Crippen LogP contribution >= 0.6 is 11.6 Å². The minimum absolute atomic E-state index is 0.000154. The first-order valence-corrected chi connectivity index (χ1v) is 12.1. The maximum Gasteiger partial charge on any atom is 0.434 e. The van der Waals surface area contributed by atoms with Crippen molar-refractivity contribution in [1.82, 2.24) is 19.7 Å². The molecule has 0 spiro atoms. The molecule has 15 heteroatoms. The fraction of sp³-hybridized carbons (Fsp3) is 0.0370. The van der Waals surface area contributed by atoms with Crippen LogP contribution in [-0.2, 0) is 6.18 Å². The summed E-state index contributed by atoms with van der Waals surface area (Å²) in [6.45, 7) is 0. The Labute approximate surface area is 237 Å². The first-order valence-electron chi connectivity index (χ1n) is 11.7. The third kappa shape index (κ3) is 6.28. The second-order valence-corrected chi connectivity index (χ2v) is 8.87. The normalized spacial score (nSPS) is 11.3. The molecule has 1 amide bonds. The number of alkyl halides is 3. The van der Waals surface area contributed by atoms with Gasteiger partial charge in [0.2, 0.25) is 11.8 Å². The highest BCUT2D eigenvalue weighted by atomic mass is 35.5. The van der Waals surface area contributed by atoms with Crippen molar-refractivity contribution >= 4 is 34.8 Å². The molecule has 8 nitrogen and oxygen atoms in total. The van der Waals surface area contributed by atoms with Crippen LogP contribution in [0.2, 0.25) is 5.02 Å². The lowest BCUT2D eigenvalue weighted by atomic mass is 10.2. The molecule has 0 atom stereocenters. The number of halogens is 7. The summed E-state index contributed by atoms with van der Waals surface area (Å²) in [6, 6.07) is 12.5. The van der Waals surface area contributed by atoms with Crippen molar-refractivity contribution < 1.29 is 35.9 Å². The zero-order valence-corrected chi connectivity index (χ0v) is 21.5. The summed E-state index contributed by atoms with van der Waals surface area (Å²) < 4.78 is 89.3. The molecule has 42 heavy (non-hydrogen) atoms. The van der Waals surface area contributed by atoms with Crippen LogP contribution in [0.3, 0.4) is 0 Å². The van der Waals surface area contributed by atoms with Crippen LogP contribution < -0.4 is 15.4 Å². The summed E-state index contributed by atoms with van der Waals surface area (Å²) in [7, 11) is 0. The topological polar surface area (TPSA) is 94.0 Å². The molecular weight excluding hydrogens is 590 g/mol. The van der Waals surface area contributed by atoms with Crippen LogP contribution in [0.1, 0.15) is 16.1 Å². The molecule has 0 unspecified atom stereocenters. The zero-order chi connectivity index (χ0) is 30.0. The van der Waals surface area contributed by atoms with Crippen molar-refractivity contribution in [2.24, 2.45) is 0 Å². The SMILES string of the molecule is O=C(Nc1ccc(Oc2ccnc(Nc3ccc(Cl)c(F)c3)n2)c(F)c1)c1cnn(-c2ccc(F)cc2)c1C(F)(F)F. The summed E-state index contributed by atoms with van der Waals surface area (Å²) in [5.74, 6) is -3.94. The van der Waals surface area contributed by atoms with Gasteiger partial charge in [0.25, 0.3) is 5.91 Å². The van der Waals surface area contributed by atoms with Gasteiger partial charge in [-0.25, -0.2) is 22.8 Å². The minimum atomic E-state index is -5.01. The third-order valence-electron chi connectivity index (χ3n) is 5.56. The highest BCUT2D eigenvalue weighted by molar-refractivity contribution is 6.30. The molecule has 0 saturated heterocycles. The van der Waals surface area contributed by atoms with Gasteiger partial charge < -0.3 is 15.4 Å². The summed E-state index contributed by atoms with van der Waals surface area (Å²) in [4.78, 5) is 20.8. The standard InChI is InChI=1S/C27H15ClF6N6O2/c28-19-7-3-16(11-20(19)30)38-26-35-10-9-23(39-26)42-22-8-4-15(12-21(22)31)37-25(41)18-13-36-40(24(18)27(32,33)34)17-5-1-14(29)2-6-17/h1-13H,(H,37,41)(H,35,38,39). The van der Waals surface area contributed by atoms with Crippen LogP contribution in [0.15, 0.2) is 79.1 Å². The highest BCUT2D eigenvalue weighted by Crippen LogP contribution is 2.34. The zero-order valence-electron chi connectivity index (χ0n) is 20.8. The van der Waals surface area contributed by atoms with Gasteiger partial charge in [-0.15, -0.1) is 0 Å². The van der Waals surface area contributed by atoms with E-state index in [1.165, 1.54) is 30.5 Å². The quantitative estimate of drug-likeness (QED) is 0.186. The second-order valence-electron chi connectivity index (χ2n) is 8.47.